The number of benzene rings is 1. The van der Waals surface area contributed by atoms with E-state index in [2.05, 4.69) is 41.1 Å². The third-order valence-corrected chi connectivity index (χ3v) is 11.3. The Hall–Kier alpha value is -1.71. The van der Waals surface area contributed by atoms with Crippen LogP contribution in [0.4, 0.5) is 11.6 Å². The number of nitrogens with one attached hydrogen (secondary N) is 1. The van der Waals surface area contributed by atoms with Crippen LogP contribution in [0.15, 0.2) is 11.2 Å². The van der Waals surface area contributed by atoms with Crippen molar-refractivity contribution in [3.05, 3.63) is 28.3 Å². The van der Waals surface area contributed by atoms with E-state index in [9.17, 15) is 8.42 Å². The molecule has 0 amide bonds. The van der Waals surface area contributed by atoms with Crippen LogP contribution < -0.4 is 5.32 Å². The Labute approximate surface area is 204 Å². The van der Waals surface area contributed by atoms with Gasteiger partial charge in [-0.25, -0.2) is 13.1 Å². The lowest BCUT2D eigenvalue weighted by Gasteiger charge is -2.18. The Morgan fingerprint density at radius 3 is 2.29 bits per heavy atom. The summed E-state index contributed by atoms with van der Waals surface area (Å²) in [6.07, 6.45) is 9.99. The highest BCUT2D eigenvalue weighted by Crippen LogP contribution is 2.40. The van der Waals surface area contributed by atoms with E-state index in [1.165, 1.54) is 35.1 Å². The maximum atomic E-state index is 13.3. The molecule has 1 saturated carbocycles. The molecule has 2 aromatic rings. The summed E-state index contributed by atoms with van der Waals surface area (Å²) in [6.45, 7) is 7.82. The van der Waals surface area contributed by atoms with Crippen molar-refractivity contribution in [2.45, 2.75) is 107 Å². The minimum Gasteiger partial charge on any atom is -0.359 e. The molecule has 0 radical (unpaired) electrons. The van der Waals surface area contributed by atoms with E-state index < -0.39 is 17.9 Å². The summed E-state index contributed by atoms with van der Waals surface area (Å²) >= 11 is 0. The zero-order valence-corrected chi connectivity index (χ0v) is 22.6. The van der Waals surface area contributed by atoms with E-state index in [1.807, 2.05) is 0 Å². The van der Waals surface area contributed by atoms with Crippen LogP contribution in [0.3, 0.4) is 0 Å². The largest absolute Gasteiger partial charge is 0.359 e. The van der Waals surface area contributed by atoms with Gasteiger partial charge < -0.3 is 10.1 Å². The summed E-state index contributed by atoms with van der Waals surface area (Å²) in [5.74, 6) is 0.485. The predicted octanol–water partition coefficient (Wildman–Crippen LogP) is 5.03. The second kappa shape index (κ2) is 9.39. The second-order valence-corrected chi connectivity index (χ2v) is 19.1. The molecule has 0 atom stereocenters. The van der Waals surface area contributed by atoms with Gasteiger partial charge in [-0.2, -0.15) is 4.98 Å². The lowest BCUT2D eigenvalue weighted by molar-refractivity contribution is 0.0792. The molecule has 0 spiro atoms. The number of sulfone groups is 1. The van der Waals surface area contributed by atoms with Crippen LogP contribution in [0.5, 0.6) is 0 Å². The molecule has 3 aliphatic rings. The first-order valence-electron chi connectivity index (χ1n) is 12.9. The maximum absolute atomic E-state index is 13.3. The van der Waals surface area contributed by atoms with Gasteiger partial charge >= 0.3 is 0 Å². The number of hydrogen-bond acceptors (Lipinski definition) is 6. The second-order valence-electron chi connectivity index (χ2n) is 11.4. The molecule has 0 aliphatic heterocycles. The summed E-state index contributed by atoms with van der Waals surface area (Å²) in [4.78, 5) is 4.58. The van der Waals surface area contributed by atoms with E-state index >= 15 is 0 Å². The number of anilines is 2. The molecule has 9 heteroatoms. The third kappa shape index (κ3) is 4.84. The van der Waals surface area contributed by atoms with Gasteiger partial charge in [0.15, 0.2) is 0 Å². The minimum absolute atomic E-state index is 0.0556. The number of hydrogen-bond donors (Lipinski definition) is 1. The van der Waals surface area contributed by atoms with Crippen LogP contribution >= 0.6 is 0 Å². The molecule has 1 aromatic carbocycles. The van der Waals surface area contributed by atoms with E-state index in [-0.39, 0.29) is 17.1 Å². The minimum atomic E-state index is -3.54. The number of nitrogens with zero attached hydrogens (tertiary/aromatic N) is 3. The van der Waals surface area contributed by atoms with Crippen LogP contribution in [-0.4, -0.2) is 43.1 Å². The molecule has 186 valence electrons. The number of aryl methyl sites for hydroxylation is 2. The van der Waals surface area contributed by atoms with Gasteiger partial charge in [0, 0.05) is 20.4 Å². The van der Waals surface area contributed by atoms with Gasteiger partial charge in [0.1, 0.15) is 6.73 Å². The van der Waals surface area contributed by atoms with Crippen LogP contribution in [0.2, 0.25) is 25.7 Å². The molecule has 0 unspecified atom stereocenters. The molecule has 3 aliphatic carbocycles. The van der Waals surface area contributed by atoms with E-state index in [4.69, 9.17) is 4.74 Å². The Morgan fingerprint density at radius 1 is 1.03 bits per heavy atom. The predicted molar refractivity (Wildman–Crippen MR) is 137 cm³/mol. The fourth-order valence-corrected chi connectivity index (χ4v) is 8.02. The molecule has 5 rings (SSSR count). The van der Waals surface area contributed by atoms with E-state index in [1.54, 1.807) is 4.68 Å². The number of ether oxygens (including phenoxy) is 1. The summed E-state index contributed by atoms with van der Waals surface area (Å²) in [5.41, 5.74) is 6.74. The maximum Gasteiger partial charge on any atom is 0.269 e. The molecule has 1 N–H and O–H groups in total. The summed E-state index contributed by atoms with van der Waals surface area (Å²) in [6, 6.07) is 3.45. The molecule has 1 heterocycles. The van der Waals surface area contributed by atoms with Crippen molar-refractivity contribution in [2.75, 3.05) is 11.9 Å². The fourth-order valence-electron chi connectivity index (χ4n) is 5.58. The average Bonchev–Trinajstić information content (AvgIpc) is 3.57. The highest BCUT2D eigenvalue weighted by molar-refractivity contribution is 7.91. The highest BCUT2D eigenvalue weighted by Gasteiger charge is 2.35. The lowest BCUT2D eigenvalue weighted by Crippen LogP contribution is -2.22. The smallest absolute Gasteiger partial charge is 0.269 e. The number of rotatable bonds is 9. The molecule has 1 aromatic heterocycles. The van der Waals surface area contributed by atoms with Gasteiger partial charge in [-0.1, -0.05) is 38.5 Å². The molecule has 7 nitrogen and oxygen atoms in total. The Kier molecular flexibility index (Phi) is 6.63. The van der Waals surface area contributed by atoms with Crippen molar-refractivity contribution in [3.8, 4) is 0 Å². The Morgan fingerprint density at radius 2 is 1.68 bits per heavy atom. The van der Waals surface area contributed by atoms with Crippen LogP contribution in [0.1, 0.15) is 60.8 Å². The van der Waals surface area contributed by atoms with Gasteiger partial charge in [-0.05, 0) is 79.7 Å². The van der Waals surface area contributed by atoms with Crippen LogP contribution in [-0.2, 0) is 47.0 Å². The summed E-state index contributed by atoms with van der Waals surface area (Å²) < 4.78 is 34.2. The average molecular weight is 503 g/mol. The lowest BCUT2D eigenvalue weighted by atomic mass is 9.99. The van der Waals surface area contributed by atoms with Crippen molar-refractivity contribution in [1.29, 1.82) is 0 Å². The van der Waals surface area contributed by atoms with Crippen molar-refractivity contribution in [3.63, 3.8) is 0 Å². The normalized spacial score (nSPS) is 18.4. The summed E-state index contributed by atoms with van der Waals surface area (Å²) in [7, 11) is -4.76. The third-order valence-electron chi connectivity index (χ3n) is 7.57. The molecule has 1 fully saturated rings. The first-order valence-corrected chi connectivity index (χ1v) is 18.2. The number of aromatic nitrogens is 3. The monoisotopic (exact) mass is 502 g/mol. The SMILES string of the molecule is C[Si](C)(C)CCOCn1nc(S(=O)(=O)C2CCCC2)nc1Nc1c2c(cc3c1CCC3)CCC2. The van der Waals surface area contributed by atoms with Gasteiger partial charge in [0.2, 0.25) is 15.8 Å². The van der Waals surface area contributed by atoms with Crippen LogP contribution in [0.25, 0.3) is 0 Å². The van der Waals surface area contributed by atoms with Gasteiger partial charge in [0.25, 0.3) is 5.16 Å². The zero-order chi connectivity index (χ0) is 23.9. The Bertz CT molecular complexity index is 1130. The molecule has 34 heavy (non-hydrogen) atoms. The fraction of sp³-hybridized carbons (Fsp3) is 0.680. The van der Waals surface area contributed by atoms with Crippen molar-refractivity contribution in [1.82, 2.24) is 14.8 Å². The van der Waals surface area contributed by atoms with E-state index in [0.29, 0.717) is 25.4 Å². The van der Waals surface area contributed by atoms with Crippen molar-refractivity contribution < 1.29 is 13.2 Å². The van der Waals surface area contributed by atoms with Gasteiger partial charge in [0.05, 0.1) is 5.25 Å². The highest BCUT2D eigenvalue weighted by atomic mass is 32.2. The van der Waals surface area contributed by atoms with E-state index in [0.717, 1.165) is 50.3 Å². The molecular weight excluding hydrogens is 464 g/mol. The van der Waals surface area contributed by atoms with Crippen molar-refractivity contribution >= 4 is 29.5 Å². The van der Waals surface area contributed by atoms with Gasteiger partial charge in [-0.15, -0.1) is 5.10 Å². The van der Waals surface area contributed by atoms with Crippen LogP contribution in [0, 0.1) is 0 Å². The number of fused-ring (bicyclic) bond motifs is 2. The first kappa shape index (κ1) is 24.0. The molecular formula is C25H38N4O3SSi. The summed E-state index contributed by atoms with van der Waals surface area (Å²) in [5, 5.41) is 7.63. The topological polar surface area (TPSA) is 86.1 Å². The molecule has 0 bridgehead atoms. The first-order chi connectivity index (χ1) is 16.2. The van der Waals surface area contributed by atoms with Gasteiger partial charge in [-0.3, -0.25) is 0 Å². The van der Waals surface area contributed by atoms with Crippen molar-refractivity contribution in [2.24, 2.45) is 0 Å². The quantitative estimate of drug-likeness (QED) is 0.382. The Balaban J connectivity index is 1.47. The zero-order valence-electron chi connectivity index (χ0n) is 20.8. The standard InChI is InChI=1S/C25H38N4O3SSi/c1-34(2,3)15-14-32-17-29-24(27-25(28-29)33(30,31)20-10-4-5-11-20)26-23-21-12-6-8-18(21)16-19-9-7-13-22(19)23/h16,20H,4-15,17H2,1-3H3,(H,26,27,28). The molecule has 0 saturated heterocycles.